The van der Waals surface area contributed by atoms with Gasteiger partial charge in [-0.05, 0) is 48.4 Å². The van der Waals surface area contributed by atoms with E-state index < -0.39 is 0 Å². The monoisotopic (exact) mass is 412 g/mol. The van der Waals surface area contributed by atoms with Crippen LogP contribution in [0.25, 0.3) is 50.5 Å². The highest BCUT2D eigenvalue weighted by Crippen LogP contribution is 2.37. The molecule has 5 aromatic rings. The van der Waals surface area contributed by atoms with E-state index in [0.29, 0.717) is 33.6 Å². The Morgan fingerprint density at radius 3 is 2.47 bits per heavy atom. The molecular weight excluding hydrogens is 396 g/mol. The largest absolute Gasteiger partial charge is 0.268 e. The van der Waals surface area contributed by atoms with E-state index in [1.807, 2.05) is 48.5 Å². The van der Waals surface area contributed by atoms with Crippen molar-refractivity contribution in [1.29, 1.82) is 10.5 Å². The number of allylic oxidation sites excluding steroid dienone is 1. The van der Waals surface area contributed by atoms with Crippen molar-refractivity contribution < 1.29 is 0 Å². The number of hydrogen-bond acceptors (Lipinski definition) is 4. The molecule has 2 heterocycles. The van der Waals surface area contributed by atoms with Crippen LogP contribution in [0.15, 0.2) is 71.5 Å². The second kappa shape index (κ2) is 7.19. The van der Waals surface area contributed by atoms with E-state index in [4.69, 9.17) is 4.98 Å². The predicted molar refractivity (Wildman–Crippen MR) is 127 cm³/mol. The highest BCUT2D eigenvalue weighted by atomic mass is 16.1. The lowest BCUT2D eigenvalue weighted by Crippen LogP contribution is -2.15. The molecule has 0 amide bonds. The average Bonchev–Trinajstić information content (AvgIpc) is 3.20. The zero-order chi connectivity index (χ0) is 22.4. The molecule has 3 aromatic carbocycles. The van der Waals surface area contributed by atoms with Gasteiger partial charge >= 0.3 is 0 Å². The van der Waals surface area contributed by atoms with Gasteiger partial charge in [-0.15, -0.1) is 0 Å². The van der Waals surface area contributed by atoms with E-state index in [0.717, 1.165) is 27.3 Å². The Bertz CT molecular complexity index is 1730. The van der Waals surface area contributed by atoms with Crippen LogP contribution in [0.5, 0.6) is 0 Å². The second-order valence-electron chi connectivity index (χ2n) is 7.54. The van der Waals surface area contributed by atoms with Gasteiger partial charge in [-0.2, -0.15) is 10.5 Å². The minimum Gasteiger partial charge on any atom is -0.268 e. The third kappa shape index (κ3) is 2.62. The third-order valence-corrected chi connectivity index (χ3v) is 5.70. The van der Waals surface area contributed by atoms with Gasteiger partial charge in [0.2, 0.25) is 0 Å². The van der Waals surface area contributed by atoms with E-state index in [-0.39, 0.29) is 5.56 Å². The van der Waals surface area contributed by atoms with E-state index in [9.17, 15) is 15.3 Å². The molecule has 0 aliphatic heterocycles. The summed E-state index contributed by atoms with van der Waals surface area (Å²) < 4.78 is 1.54. The maximum Gasteiger partial charge on any atom is 0.264 e. The van der Waals surface area contributed by atoms with Gasteiger partial charge in [0.05, 0.1) is 29.1 Å². The summed E-state index contributed by atoms with van der Waals surface area (Å²) in [6.07, 6.45) is 3.23. The van der Waals surface area contributed by atoms with Crippen LogP contribution < -0.4 is 5.56 Å². The Labute approximate surface area is 183 Å². The smallest absolute Gasteiger partial charge is 0.264 e. The van der Waals surface area contributed by atoms with Crippen molar-refractivity contribution in [3.63, 3.8) is 0 Å². The molecule has 32 heavy (non-hydrogen) atoms. The highest BCUT2D eigenvalue weighted by molar-refractivity contribution is 6.20. The molecule has 5 heteroatoms. The van der Waals surface area contributed by atoms with Gasteiger partial charge < -0.3 is 0 Å². The summed E-state index contributed by atoms with van der Waals surface area (Å²) >= 11 is 0. The van der Waals surface area contributed by atoms with Gasteiger partial charge in [-0.3, -0.25) is 9.20 Å². The number of pyridine rings is 1. The molecule has 0 bridgehead atoms. The SMILES string of the molecule is C=Cc1c(/C=C(\C)C#N)nc2c3ccc(C#N)c4c(-c5ccccc5)ccc(c(=O)n12)c43. The van der Waals surface area contributed by atoms with E-state index in [2.05, 4.69) is 18.7 Å². The first kappa shape index (κ1) is 19.2. The zero-order valence-electron chi connectivity index (χ0n) is 17.3. The number of hydrogen-bond donors (Lipinski definition) is 0. The Morgan fingerprint density at radius 2 is 1.78 bits per heavy atom. The Hall–Kier alpha value is -4.74. The summed E-state index contributed by atoms with van der Waals surface area (Å²) in [5, 5.41) is 21.8. The summed E-state index contributed by atoms with van der Waals surface area (Å²) in [4.78, 5) is 18.3. The number of imidazole rings is 1. The first-order chi connectivity index (χ1) is 15.6. The van der Waals surface area contributed by atoms with Crippen LogP contribution in [0.1, 0.15) is 23.9 Å². The lowest BCUT2D eigenvalue weighted by molar-refractivity contribution is 1.13. The molecule has 0 aliphatic carbocycles. The Balaban J connectivity index is 2.04. The summed E-state index contributed by atoms with van der Waals surface area (Å²) in [5.41, 5.74) is 4.13. The van der Waals surface area contributed by atoms with Crippen LogP contribution in [0.4, 0.5) is 0 Å². The van der Waals surface area contributed by atoms with Crippen molar-refractivity contribution in [2.45, 2.75) is 6.92 Å². The molecule has 2 aromatic heterocycles. The quantitative estimate of drug-likeness (QED) is 0.364. The topological polar surface area (TPSA) is 81.9 Å². The first-order valence-electron chi connectivity index (χ1n) is 10.0. The van der Waals surface area contributed by atoms with Crippen molar-refractivity contribution in [2.24, 2.45) is 0 Å². The maximum atomic E-state index is 13.6. The normalized spacial score (nSPS) is 11.7. The molecule has 0 aliphatic rings. The number of rotatable bonds is 3. The van der Waals surface area contributed by atoms with Crippen molar-refractivity contribution in [2.75, 3.05) is 0 Å². The minimum atomic E-state index is -0.233. The maximum absolute atomic E-state index is 13.6. The van der Waals surface area contributed by atoms with Crippen molar-refractivity contribution in [3.05, 3.63) is 94.1 Å². The molecule has 0 saturated carbocycles. The number of aromatic nitrogens is 2. The molecule has 5 nitrogen and oxygen atoms in total. The van der Waals surface area contributed by atoms with Gasteiger partial charge in [0.1, 0.15) is 5.65 Å². The zero-order valence-corrected chi connectivity index (χ0v) is 17.3. The van der Waals surface area contributed by atoms with Crippen LogP contribution in [0.3, 0.4) is 0 Å². The van der Waals surface area contributed by atoms with Crippen LogP contribution in [0, 0.1) is 22.7 Å². The molecule has 0 N–H and O–H groups in total. The van der Waals surface area contributed by atoms with Crippen molar-refractivity contribution in [1.82, 2.24) is 9.38 Å². The molecule has 0 unspecified atom stereocenters. The van der Waals surface area contributed by atoms with Crippen LogP contribution in [-0.2, 0) is 0 Å². The average molecular weight is 412 g/mol. The fourth-order valence-corrected chi connectivity index (χ4v) is 4.31. The van der Waals surface area contributed by atoms with Crippen LogP contribution in [-0.4, -0.2) is 9.38 Å². The lowest BCUT2D eigenvalue weighted by atomic mass is 9.91. The van der Waals surface area contributed by atoms with Crippen LogP contribution >= 0.6 is 0 Å². The summed E-state index contributed by atoms with van der Waals surface area (Å²) in [6.45, 7) is 5.55. The third-order valence-electron chi connectivity index (χ3n) is 5.70. The summed E-state index contributed by atoms with van der Waals surface area (Å²) in [6, 6.07) is 21.5. The van der Waals surface area contributed by atoms with E-state index >= 15 is 0 Å². The molecule has 0 spiro atoms. The Morgan fingerprint density at radius 1 is 1.03 bits per heavy atom. The van der Waals surface area contributed by atoms with Gasteiger partial charge in [0.15, 0.2) is 0 Å². The first-order valence-corrected chi connectivity index (χ1v) is 10.0. The molecule has 5 rings (SSSR count). The second-order valence-corrected chi connectivity index (χ2v) is 7.54. The minimum absolute atomic E-state index is 0.233. The number of fused-ring (bicyclic) bond motifs is 2. The number of nitrogens with zero attached hydrogens (tertiary/aromatic N) is 4. The van der Waals surface area contributed by atoms with E-state index in [1.165, 1.54) is 4.40 Å². The number of benzene rings is 3. The standard InChI is InChI=1S/C27H16N4O/c1-3-23-22(13-16(2)14-28)30-26-20-10-9-18(15-29)24-19(17-7-5-4-6-8-17)11-12-21(25(20)24)27(32)31(23)26/h3-13H,1H2,2H3/b16-13+. The molecule has 0 fully saturated rings. The van der Waals surface area contributed by atoms with Gasteiger partial charge in [-0.1, -0.05) is 43.0 Å². The molecule has 150 valence electrons. The van der Waals surface area contributed by atoms with Gasteiger partial charge in [0, 0.05) is 27.1 Å². The predicted octanol–water partition coefficient (Wildman–Crippen LogP) is 5.55. The molecule has 0 atom stereocenters. The molecule has 0 radical (unpaired) electrons. The molecular formula is C27H16N4O. The number of nitriles is 2. The van der Waals surface area contributed by atoms with Crippen molar-refractivity contribution in [3.8, 4) is 23.3 Å². The molecule has 0 saturated heterocycles. The summed E-state index contributed by atoms with van der Waals surface area (Å²) in [7, 11) is 0. The van der Waals surface area contributed by atoms with Crippen molar-refractivity contribution >= 4 is 39.3 Å². The van der Waals surface area contributed by atoms with E-state index in [1.54, 1.807) is 25.1 Å². The fraction of sp³-hybridized carbons (Fsp3) is 0.0370. The van der Waals surface area contributed by atoms with Gasteiger partial charge in [-0.25, -0.2) is 4.98 Å². The summed E-state index contributed by atoms with van der Waals surface area (Å²) in [5.74, 6) is 0. The Kier molecular flexibility index (Phi) is 4.32. The lowest BCUT2D eigenvalue weighted by Gasteiger charge is -2.13. The fourth-order valence-electron chi connectivity index (χ4n) is 4.31. The van der Waals surface area contributed by atoms with Gasteiger partial charge in [0.25, 0.3) is 5.56 Å². The highest BCUT2D eigenvalue weighted by Gasteiger charge is 2.21. The van der Waals surface area contributed by atoms with Crippen LogP contribution in [0.2, 0.25) is 0 Å².